The molecule has 1 N–H and O–H groups in total. The van der Waals surface area contributed by atoms with Gasteiger partial charge in [0.2, 0.25) is 5.82 Å². The second kappa shape index (κ2) is 8.55. The van der Waals surface area contributed by atoms with Gasteiger partial charge in [0.05, 0.1) is 26.5 Å². The summed E-state index contributed by atoms with van der Waals surface area (Å²) in [5.41, 5.74) is 1.94. The quantitative estimate of drug-likeness (QED) is 0.584. The monoisotopic (exact) mass is 386 g/mol. The largest absolute Gasteiger partial charge is 0.493 e. The Kier molecular flexibility index (Phi) is 5.93. The summed E-state index contributed by atoms with van der Waals surface area (Å²) in [7, 11) is 3.20. The first-order valence-electron chi connectivity index (χ1n) is 8.83. The highest BCUT2D eigenvalue weighted by molar-refractivity contribution is 5.93. The molecule has 0 bridgehead atoms. The van der Waals surface area contributed by atoms with Crippen LogP contribution >= 0.6 is 0 Å². The van der Waals surface area contributed by atoms with Crippen molar-refractivity contribution in [2.75, 3.05) is 32.7 Å². The molecule has 0 unspecified atom stereocenters. The standard InChI is InChI=1S/C19H22N4O5/c1-5-27-19(24)17-21-16(15-11(2)23-28-18(15)22-17)20-9-8-12-6-7-13(25-3)14(10-12)26-4/h6-7,10H,5,8-9H2,1-4H3,(H,20,21,22). The van der Waals surface area contributed by atoms with E-state index in [4.69, 9.17) is 18.7 Å². The van der Waals surface area contributed by atoms with Crippen LogP contribution < -0.4 is 14.8 Å². The van der Waals surface area contributed by atoms with E-state index in [1.165, 1.54) is 0 Å². The summed E-state index contributed by atoms with van der Waals surface area (Å²) in [5, 5.41) is 7.79. The predicted octanol–water partition coefficient (Wildman–Crippen LogP) is 2.77. The summed E-state index contributed by atoms with van der Waals surface area (Å²) in [6.07, 6.45) is 0.699. The van der Waals surface area contributed by atoms with E-state index >= 15 is 0 Å². The first-order chi connectivity index (χ1) is 13.6. The minimum absolute atomic E-state index is 0.0703. The first-order valence-corrected chi connectivity index (χ1v) is 8.83. The van der Waals surface area contributed by atoms with Crippen molar-refractivity contribution in [3.05, 3.63) is 35.3 Å². The second-order valence-corrected chi connectivity index (χ2v) is 5.93. The van der Waals surface area contributed by atoms with Crippen LogP contribution in [0.5, 0.6) is 11.5 Å². The summed E-state index contributed by atoms with van der Waals surface area (Å²) in [4.78, 5) is 20.4. The molecule has 0 aliphatic carbocycles. The molecule has 3 aromatic rings. The van der Waals surface area contributed by atoms with Crippen LogP contribution in [-0.2, 0) is 11.2 Å². The lowest BCUT2D eigenvalue weighted by molar-refractivity contribution is 0.0512. The van der Waals surface area contributed by atoms with Crippen LogP contribution in [0.2, 0.25) is 0 Å². The number of hydrogen-bond donors (Lipinski definition) is 1. The number of aromatic nitrogens is 3. The molecule has 0 spiro atoms. The van der Waals surface area contributed by atoms with Gasteiger partial charge in [-0.3, -0.25) is 0 Å². The lowest BCUT2D eigenvalue weighted by Gasteiger charge is -2.11. The second-order valence-electron chi connectivity index (χ2n) is 5.93. The Balaban J connectivity index is 1.80. The molecule has 2 aromatic heterocycles. The van der Waals surface area contributed by atoms with E-state index in [0.29, 0.717) is 41.4 Å². The molecule has 3 rings (SSSR count). The summed E-state index contributed by atoms with van der Waals surface area (Å²) in [5.74, 6) is 1.15. The molecule has 0 aliphatic rings. The fraction of sp³-hybridized carbons (Fsp3) is 0.368. The van der Waals surface area contributed by atoms with E-state index in [9.17, 15) is 4.79 Å². The van der Waals surface area contributed by atoms with Crippen LogP contribution in [0.1, 0.15) is 28.8 Å². The van der Waals surface area contributed by atoms with Gasteiger partial charge < -0.3 is 24.1 Å². The van der Waals surface area contributed by atoms with Gasteiger partial charge >= 0.3 is 5.97 Å². The maximum atomic E-state index is 12.0. The van der Waals surface area contributed by atoms with Gasteiger partial charge in [-0.1, -0.05) is 11.2 Å². The number of ether oxygens (including phenoxy) is 3. The SMILES string of the molecule is CCOC(=O)c1nc(NCCc2ccc(OC)c(OC)c2)c2c(C)noc2n1. The lowest BCUT2D eigenvalue weighted by atomic mass is 10.1. The topological polar surface area (TPSA) is 109 Å². The van der Waals surface area contributed by atoms with Gasteiger partial charge in [0.1, 0.15) is 11.2 Å². The molecule has 1 aromatic carbocycles. The van der Waals surface area contributed by atoms with Crippen molar-refractivity contribution in [3.8, 4) is 11.5 Å². The van der Waals surface area contributed by atoms with Crippen LogP contribution in [0, 0.1) is 6.92 Å². The zero-order valence-corrected chi connectivity index (χ0v) is 16.2. The molecule has 0 aliphatic heterocycles. The Morgan fingerprint density at radius 1 is 1.18 bits per heavy atom. The molecule has 0 saturated carbocycles. The Labute approximate surface area is 162 Å². The van der Waals surface area contributed by atoms with Gasteiger partial charge in [0.25, 0.3) is 5.71 Å². The summed E-state index contributed by atoms with van der Waals surface area (Å²) >= 11 is 0. The van der Waals surface area contributed by atoms with Gasteiger partial charge in [-0.25, -0.2) is 9.78 Å². The third-order valence-corrected chi connectivity index (χ3v) is 4.12. The summed E-state index contributed by atoms with van der Waals surface area (Å²) in [6.45, 7) is 4.31. The molecule has 0 fully saturated rings. The van der Waals surface area contributed by atoms with E-state index < -0.39 is 5.97 Å². The average molecular weight is 386 g/mol. The van der Waals surface area contributed by atoms with E-state index in [0.717, 1.165) is 5.56 Å². The molecular weight excluding hydrogens is 364 g/mol. The number of nitrogens with one attached hydrogen (secondary N) is 1. The van der Waals surface area contributed by atoms with E-state index in [2.05, 4.69) is 20.4 Å². The van der Waals surface area contributed by atoms with Crippen molar-refractivity contribution in [1.29, 1.82) is 0 Å². The highest BCUT2D eigenvalue weighted by atomic mass is 16.5. The molecule has 2 heterocycles. The number of esters is 1. The molecule has 0 radical (unpaired) electrons. The maximum absolute atomic E-state index is 12.0. The number of benzene rings is 1. The van der Waals surface area contributed by atoms with E-state index in [-0.39, 0.29) is 18.1 Å². The van der Waals surface area contributed by atoms with Gasteiger partial charge in [-0.15, -0.1) is 0 Å². The van der Waals surface area contributed by atoms with Crippen LogP contribution in [0.15, 0.2) is 22.7 Å². The van der Waals surface area contributed by atoms with E-state index in [1.807, 2.05) is 18.2 Å². The molecule has 9 heteroatoms. The van der Waals surface area contributed by atoms with Crippen molar-refractivity contribution >= 4 is 22.9 Å². The fourth-order valence-electron chi connectivity index (χ4n) is 2.77. The summed E-state index contributed by atoms with van der Waals surface area (Å²) < 4.78 is 20.8. The first kappa shape index (κ1) is 19.4. The van der Waals surface area contributed by atoms with Crippen LogP contribution in [0.3, 0.4) is 0 Å². The number of carbonyl (C=O) groups excluding carboxylic acids is 1. The molecule has 0 amide bonds. The number of anilines is 1. The minimum atomic E-state index is -0.610. The number of fused-ring (bicyclic) bond motifs is 1. The lowest BCUT2D eigenvalue weighted by Crippen LogP contribution is -2.13. The number of methoxy groups -OCH3 is 2. The summed E-state index contributed by atoms with van der Waals surface area (Å²) in [6, 6.07) is 5.75. The van der Waals surface area contributed by atoms with Crippen molar-refractivity contribution in [1.82, 2.24) is 15.1 Å². The average Bonchev–Trinajstić information content (AvgIpc) is 3.09. The Morgan fingerprint density at radius 3 is 2.68 bits per heavy atom. The van der Waals surface area contributed by atoms with Crippen molar-refractivity contribution in [2.24, 2.45) is 0 Å². The molecule has 148 valence electrons. The third kappa shape index (κ3) is 3.98. The highest BCUT2D eigenvalue weighted by Crippen LogP contribution is 2.28. The predicted molar refractivity (Wildman–Crippen MR) is 102 cm³/mol. The highest BCUT2D eigenvalue weighted by Gasteiger charge is 2.19. The number of hydrogen-bond acceptors (Lipinski definition) is 9. The Hall–Kier alpha value is -3.36. The van der Waals surface area contributed by atoms with Crippen molar-refractivity contribution in [3.63, 3.8) is 0 Å². The van der Waals surface area contributed by atoms with Crippen LogP contribution in [-0.4, -0.2) is 48.5 Å². The number of aryl methyl sites for hydroxylation is 1. The van der Waals surface area contributed by atoms with Gasteiger partial charge in [0.15, 0.2) is 11.5 Å². The van der Waals surface area contributed by atoms with Gasteiger partial charge in [0, 0.05) is 6.54 Å². The number of nitrogens with zero attached hydrogens (tertiary/aromatic N) is 3. The normalized spacial score (nSPS) is 10.7. The van der Waals surface area contributed by atoms with Crippen molar-refractivity contribution < 1.29 is 23.5 Å². The minimum Gasteiger partial charge on any atom is -0.493 e. The van der Waals surface area contributed by atoms with E-state index in [1.54, 1.807) is 28.1 Å². The smallest absolute Gasteiger partial charge is 0.376 e. The third-order valence-electron chi connectivity index (χ3n) is 4.12. The Bertz CT molecular complexity index is 986. The van der Waals surface area contributed by atoms with Gasteiger partial charge in [-0.05, 0) is 38.0 Å². The fourth-order valence-corrected chi connectivity index (χ4v) is 2.77. The number of carbonyl (C=O) groups is 1. The molecule has 28 heavy (non-hydrogen) atoms. The Morgan fingerprint density at radius 2 is 1.96 bits per heavy atom. The number of rotatable bonds is 8. The van der Waals surface area contributed by atoms with Crippen molar-refractivity contribution in [2.45, 2.75) is 20.3 Å². The molecular formula is C19H22N4O5. The zero-order valence-electron chi connectivity index (χ0n) is 16.2. The maximum Gasteiger partial charge on any atom is 0.376 e. The molecule has 0 atom stereocenters. The molecule has 9 nitrogen and oxygen atoms in total. The zero-order chi connectivity index (χ0) is 20.1. The van der Waals surface area contributed by atoms with Gasteiger partial charge in [-0.2, -0.15) is 4.98 Å². The van der Waals surface area contributed by atoms with Crippen LogP contribution in [0.25, 0.3) is 11.1 Å². The van der Waals surface area contributed by atoms with Crippen LogP contribution in [0.4, 0.5) is 5.82 Å². The molecule has 0 saturated heterocycles.